The molecule has 0 radical (unpaired) electrons. The molecule has 0 amide bonds. The van der Waals surface area contributed by atoms with Gasteiger partial charge in [0.2, 0.25) is 0 Å². The predicted molar refractivity (Wildman–Crippen MR) is 92.7 cm³/mol. The lowest BCUT2D eigenvalue weighted by Crippen LogP contribution is -2.37. The van der Waals surface area contributed by atoms with Gasteiger partial charge in [-0.05, 0) is 0 Å². The van der Waals surface area contributed by atoms with Crippen LogP contribution in [0.1, 0.15) is 15.9 Å². The molecule has 9 heteroatoms. The molecule has 3 rings (SSSR count). The Bertz CT molecular complexity index is 862. The first-order chi connectivity index (χ1) is 12.5. The Labute approximate surface area is 148 Å². The van der Waals surface area contributed by atoms with E-state index in [0.29, 0.717) is 31.9 Å². The number of nitro benzene ring substituents is 2. The summed E-state index contributed by atoms with van der Waals surface area (Å²) in [6, 6.07) is 10.2. The number of ketones is 1. The topological polar surface area (TPSA) is 116 Å². The van der Waals surface area contributed by atoms with Crippen molar-refractivity contribution in [3.05, 3.63) is 73.8 Å². The summed E-state index contributed by atoms with van der Waals surface area (Å²) in [6.45, 7) is 1.42. The third kappa shape index (κ3) is 3.38. The standard InChI is InChI=1S/C17H15N3O6/c21-17(12-4-2-1-3-5-12)14-10-13(19(22)23)11-15(20(24)25)16(14)18-6-8-26-9-7-18/h1-5,10-11H,6-9H2. The van der Waals surface area contributed by atoms with Gasteiger partial charge in [-0.15, -0.1) is 0 Å². The lowest BCUT2D eigenvalue weighted by Gasteiger charge is -2.29. The Morgan fingerprint density at radius 2 is 1.65 bits per heavy atom. The molecule has 2 aromatic rings. The Balaban J connectivity index is 2.23. The number of hydrogen-bond acceptors (Lipinski definition) is 7. The average Bonchev–Trinajstić information content (AvgIpc) is 2.67. The van der Waals surface area contributed by atoms with Crippen molar-refractivity contribution in [3.63, 3.8) is 0 Å². The number of benzene rings is 2. The van der Waals surface area contributed by atoms with Crippen LogP contribution >= 0.6 is 0 Å². The summed E-state index contributed by atoms with van der Waals surface area (Å²) >= 11 is 0. The first-order valence-corrected chi connectivity index (χ1v) is 7.88. The van der Waals surface area contributed by atoms with Crippen LogP contribution in [0, 0.1) is 20.2 Å². The molecule has 1 saturated heterocycles. The molecule has 134 valence electrons. The minimum atomic E-state index is -0.738. The zero-order valence-electron chi connectivity index (χ0n) is 13.7. The van der Waals surface area contributed by atoms with Gasteiger partial charge in [0.15, 0.2) is 5.78 Å². The maximum absolute atomic E-state index is 13.0. The van der Waals surface area contributed by atoms with Gasteiger partial charge in [-0.2, -0.15) is 0 Å². The van der Waals surface area contributed by atoms with Crippen LogP contribution in [0.2, 0.25) is 0 Å². The summed E-state index contributed by atoms with van der Waals surface area (Å²) in [5.41, 5.74) is -0.609. The van der Waals surface area contributed by atoms with E-state index in [1.54, 1.807) is 35.2 Å². The fraction of sp³-hybridized carbons (Fsp3) is 0.235. The molecule has 1 aliphatic heterocycles. The number of rotatable bonds is 5. The van der Waals surface area contributed by atoms with Crippen molar-refractivity contribution in [2.24, 2.45) is 0 Å². The van der Waals surface area contributed by atoms with E-state index in [4.69, 9.17) is 4.74 Å². The van der Waals surface area contributed by atoms with Crippen molar-refractivity contribution in [3.8, 4) is 0 Å². The van der Waals surface area contributed by atoms with Crippen molar-refractivity contribution >= 4 is 22.8 Å². The van der Waals surface area contributed by atoms with E-state index in [1.165, 1.54) is 0 Å². The minimum Gasteiger partial charge on any atom is -0.378 e. The van der Waals surface area contributed by atoms with Crippen LogP contribution in [-0.4, -0.2) is 41.9 Å². The minimum absolute atomic E-state index is 0.0565. The Morgan fingerprint density at radius 3 is 2.23 bits per heavy atom. The largest absolute Gasteiger partial charge is 0.378 e. The average molecular weight is 357 g/mol. The van der Waals surface area contributed by atoms with E-state index in [1.807, 2.05) is 0 Å². The second kappa shape index (κ2) is 7.28. The summed E-state index contributed by atoms with van der Waals surface area (Å²) < 4.78 is 5.26. The van der Waals surface area contributed by atoms with E-state index in [9.17, 15) is 25.0 Å². The van der Waals surface area contributed by atoms with E-state index >= 15 is 0 Å². The molecule has 0 aromatic heterocycles. The van der Waals surface area contributed by atoms with Crippen LogP contribution in [0.3, 0.4) is 0 Å². The smallest absolute Gasteiger partial charge is 0.300 e. The lowest BCUT2D eigenvalue weighted by atomic mass is 9.99. The lowest BCUT2D eigenvalue weighted by molar-refractivity contribution is -0.393. The van der Waals surface area contributed by atoms with Gasteiger partial charge in [0.05, 0.1) is 34.7 Å². The Kier molecular flexibility index (Phi) is 4.90. The molecule has 0 atom stereocenters. The number of nitrogens with zero attached hydrogens (tertiary/aromatic N) is 3. The summed E-state index contributed by atoms with van der Waals surface area (Å²) in [5, 5.41) is 22.8. The zero-order valence-corrected chi connectivity index (χ0v) is 13.7. The Morgan fingerprint density at radius 1 is 1.00 bits per heavy atom. The first kappa shape index (κ1) is 17.5. The van der Waals surface area contributed by atoms with Crippen molar-refractivity contribution in [1.29, 1.82) is 0 Å². The van der Waals surface area contributed by atoms with Crippen LogP contribution in [0.4, 0.5) is 17.1 Å². The number of anilines is 1. The maximum Gasteiger partial charge on any atom is 0.300 e. The number of carbonyl (C=O) groups is 1. The third-order valence-electron chi connectivity index (χ3n) is 4.09. The zero-order chi connectivity index (χ0) is 18.7. The van der Waals surface area contributed by atoms with Crippen molar-refractivity contribution in [2.75, 3.05) is 31.2 Å². The summed E-state index contributed by atoms with van der Waals surface area (Å²) in [4.78, 5) is 36.0. The molecular formula is C17H15N3O6. The highest BCUT2D eigenvalue weighted by Gasteiger charge is 2.31. The van der Waals surface area contributed by atoms with Gasteiger partial charge in [-0.1, -0.05) is 30.3 Å². The van der Waals surface area contributed by atoms with Crippen molar-refractivity contribution in [2.45, 2.75) is 0 Å². The van der Waals surface area contributed by atoms with Crippen LogP contribution < -0.4 is 4.90 Å². The van der Waals surface area contributed by atoms with E-state index in [2.05, 4.69) is 0 Å². The number of non-ortho nitro benzene ring substituents is 1. The van der Waals surface area contributed by atoms with Crippen molar-refractivity contribution in [1.82, 2.24) is 0 Å². The SMILES string of the molecule is O=C(c1ccccc1)c1cc([N+](=O)[O-])cc([N+](=O)[O-])c1N1CCOCC1. The molecule has 0 saturated carbocycles. The number of carbonyl (C=O) groups excluding carboxylic acids is 1. The molecular weight excluding hydrogens is 342 g/mol. The third-order valence-corrected chi connectivity index (χ3v) is 4.09. The fourth-order valence-corrected chi connectivity index (χ4v) is 2.89. The molecule has 1 aliphatic rings. The molecule has 0 bridgehead atoms. The molecule has 0 aliphatic carbocycles. The number of morpholine rings is 1. The summed E-state index contributed by atoms with van der Waals surface area (Å²) in [7, 11) is 0. The van der Waals surface area contributed by atoms with Crippen molar-refractivity contribution < 1.29 is 19.4 Å². The van der Waals surface area contributed by atoms with E-state index in [0.717, 1.165) is 12.1 Å². The number of hydrogen-bond donors (Lipinski definition) is 0. The van der Waals surface area contributed by atoms with Crippen LogP contribution in [0.15, 0.2) is 42.5 Å². The van der Waals surface area contributed by atoms with Gasteiger partial charge in [0.25, 0.3) is 11.4 Å². The molecule has 2 aromatic carbocycles. The second-order valence-corrected chi connectivity index (χ2v) is 5.67. The predicted octanol–water partition coefficient (Wildman–Crippen LogP) is 2.57. The van der Waals surface area contributed by atoms with Gasteiger partial charge < -0.3 is 9.64 Å². The fourth-order valence-electron chi connectivity index (χ4n) is 2.89. The highest BCUT2D eigenvalue weighted by molar-refractivity contribution is 6.14. The molecule has 0 spiro atoms. The highest BCUT2D eigenvalue weighted by Crippen LogP contribution is 2.37. The van der Waals surface area contributed by atoms with Crippen LogP contribution in [-0.2, 0) is 4.74 Å². The summed E-state index contributed by atoms with van der Waals surface area (Å²) in [6.07, 6.45) is 0. The molecule has 26 heavy (non-hydrogen) atoms. The van der Waals surface area contributed by atoms with Crippen LogP contribution in [0.5, 0.6) is 0 Å². The van der Waals surface area contributed by atoms with Gasteiger partial charge in [-0.25, -0.2) is 0 Å². The molecule has 1 heterocycles. The summed E-state index contributed by atoms with van der Waals surface area (Å²) in [5.74, 6) is -0.501. The molecule has 0 unspecified atom stereocenters. The second-order valence-electron chi connectivity index (χ2n) is 5.67. The Hall–Kier alpha value is -3.33. The highest BCUT2D eigenvalue weighted by atomic mass is 16.6. The molecule has 0 N–H and O–H groups in total. The molecule has 9 nitrogen and oxygen atoms in total. The van der Waals surface area contributed by atoms with Gasteiger partial charge >= 0.3 is 0 Å². The molecule has 1 fully saturated rings. The monoisotopic (exact) mass is 357 g/mol. The number of nitro groups is 2. The van der Waals surface area contributed by atoms with Gasteiger partial charge in [0, 0.05) is 24.7 Å². The van der Waals surface area contributed by atoms with Crippen LogP contribution in [0.25, 0.3) is 0 Å². The normalized spacial score (nSPS) is 14.1. The van der Waals surface area contributed by atoms with Gasteiger partial charge in [-0.3, -0.25) is 25.0 Å². The van der Waals surface area contributed by atoms with Gasteiger partial charge in [0.1, 0.15) is 5.69 Å². The number of ether oxygens (including phenoxy) is 1. The van der Waals surface area contributed by atoms with E-state index < -0.39 is 27.0 Å². The van der Waals surface area contributed by atoms with E-state index in [-0.39, 0.29) is 11.3 Å². The maximum atomic E-state index is 13.0. The first-order valence-electron chi connectivity index (χ1n) is 7.88. The quantitative estimate of drug-likeness (QED) is 0.459.